The van der Waals surface area contributed by atoms with E-state index in [1.54, 1.807) is 6.92 Å². The van der Waals surface area contributed by atoms with Gasteiger partial charge in [-0.25, -0.2) is 9.69 Å². The van der Waals surface area contributed by atoms with Crippen molar-refractivity contribution in [3.8, 4) is 0 Å². The molecule has 1 aromatic carbocycles. The first-order chi connectivity index (χ1) is 12.8. The number of urea groups is 1. The third-order valence-electron chi connectivity index (χ3n) is 4.81. The van der Waals surface area contributed by atoms with Gasteiger partial charge in [0.25, 0.3) is 5.91 Å². The molecule has 1 aromatic rings. The number of amides is 3. The van der Waals surface area contributed by atoms with Gasteiger partial charge in [0.05, 0.1) is 22.8 Å². The Hall–Kier alpha value is -2.31. The highest BCUT2D eigenvalue weighted by Gasteiger charge is 2.57. The van der Waals surface area contributed by atoms with Crippen LogP contribution in [0.25, 0.3) is 0 Å². The molecule has 1 heterocycles. The summed E-state index contributed by atoms with van der Waals surface area (Å²) in [4.78, 5) is 40.7. The second-order valence-corrected chi connectivity index (χ2v) is 7.21. The number of carbonyl (C=O) groups excluding carboxylic acids is 3. The molecule has 1 aliphatic heterocycles. The SMILES string of the molecule is COC(=O)CN1C(=O)N(c2ccc(Cl)c(Cl)c2)C(=O)C1(C)C1=CCCC=C1. The largest absolute Gasteiger partial charge is 0.468 e. The number of benzene rings is 1. The average molecular weight is 409 g/mol. The van der Waals surface area contributed by atoms with E-state index in [0.717, 1.165) is 17.7 Å². The van der Waals surface area contributed by atoms with E-state index in [0.29, 0.717) is 16.3 Å². The predicted octanol–water partition coefficient (Wildman–Crippen LogP) is 3.97. The van der Waals surface area contributed by atoms with Crippen molar-refractivity contribution in [2.24, 2.45) is 0 Å². The standard InChI is InChI=1S/C19H18Cl2N2O4/c1-19(12-6-4-3-5-7-12)17(25)23(13-8-9-14(20)15(21)10-13)18(26)22(19)11-16(24)27-2/h4,6-10H,3,5,11H2,1-2H3. The number of hydrogen-bond acceptors (Lipinski definition) is 4. The van der Waals surface area contributed by atoms with Gasteiger partial charge in [-0.3, -0.25) is 14.5 Å². The molecule has 0 N–H and O–H groups in total. The van der Waals surface area contributed by atoms with Crippen LogP contribution < -0.4 is 4.90 Å². The number of hydrogen-bond donors (Lipinski definition) is 0. The monoisotopic (exact) mass is 408 g/mol. The van der Waals surface area contributed by atoms with E-state index in [1.165, 1.54) is 30.2 Å². The second-order valence-electron chi connectivity index (χ2n) is 6.40. The van der Waals surface area contributed by atoms with Crippen molar-refractivity contribution in [1.82, 2.24) is 4.90 Å². The number of anilines is 1. The molecule has 8 heteroatoms. The first kappa shape index (κ1) is 19.5. The van der Waals surface area contributed by atoms with Crippen molar-refractivity contribution in [3.05, 3.63) is 52.0 Å². The summed E-state index contributed by atoms with van der Waals surface area (Å²) in [6.07, 6.45) is 7.28. The average Bonchev–Trinajstić information content (AvgIpc) is 2.86. The van der Waals surface area contributed by atoms with Crippen LogP contribution in [0.15, 0.2) is 42.0 Å². The van der Waals surface area contributed by atoms with E-state index in [4.69, 9.17) is 27.9 Å². The summed E-state index contributed by atoms with van der Waals surface area (Å²) in [5, 5.41) is 0.534. The Bertz CT molecular complexity index is 880. The highest BCUT2D eigenvalue weighted by molar-refractivity contribution is 6.42. The maximum absolute atomic E-state index is 13.4. The summed E-state index contributed by atoms with van der Waals surface area (Å²) in [5.41, 5.74) is -0.370. The number of esters is 1. The van der Waals surface area contributed by atoms with Crippen LogP contribution in [0.1, 0.15) is 19.8 Å². The molecule has 1 unspecified atom stereocenters. The van der Waals surface area contributed by atoms with Crippen LogP contribution in [0.2, 0.25) is 10.0 Å². The highest BCUT2D eigenvalue weighted by Crippen LogP contribution is 2.40. The van der Waals surface area contributed by atoms with Crippen molar-refractivity contribution >= 4 is 46.8 Å². The summed E-state index contributed by atoms with van der Waals surface area (Å²) < 4.78 is 4.71. The molecule has 3 amide bonds. The number of methoxy groups -OCH3 is 1. The number of nitrogens with zero attached hydrogens (tertiary/aromatic N) is 2. The van der Waals surface area contributed by atoms with E-state index in [-0.39, 0.29) is 11.6 Å². The fraction of sp³-hybridized carbons (Fsp3) is 0.316. The van der Waals surface area contributed by atoms with Crippen LogP contribution in [0.4, 0.5) is 10.5 Å². The first-order valence-electron chi connectivity index (χ1n) is 8.36. The topological polar surface area (TPSA) is 66.9 Å². The van der Waals surface area contributed by atoms with Crippen molar-refractivity contribution < 1.29 is 19.1 Å². The lowest BCUT2D eigenvalue weighted by molar-refractivity contribution is -0.142. The number of carbonyl (C=O) groups is 3. The van der Waals surface area contributed by atoms with E-state index in [9.17, 15) is 14.4 Å². The molecule has 0 radical (unpaired) electrons. The number of halogens is 2. The Labute approximate surface area is 167 Å². The number of rotatable bonds is 4. The summed E-state index contributed by atoms with van der Waals surface area (Å²) in [5.74, 6) is -1.08. The molecular weight excluding hydrogens is 391 g/mol. The maximum atomic E-state index is 13.4. The smallest absolute Gasteiger partial charge is 0.333 e. The summed E-state index contributed by atoms with van der Waals surface area (Å²) >= 11 is 12.0. The lowest BCUT2D eigenvalue weighted by Gasteiger charge is -2.32. The van der Waals surface area contributed by atoms with Gasteiger partial charge in [0.1, 0.15) is 12.1 Å². The quantitative estimate of drug-likeness (QED) is 0.558. The molecule has 1 saturated heterocycles. The second kappa shape index (κ2) is 7.37. The molecule has 0 aromatic heterocycles. The third-order valence-corrected chi connectivity index (χ3v) is 5.55. The Morgan fingerprint density at radius 1 is 1.22 bits per heavy atom. The van der Waals surface area contributed by atoms with Crippen molar-refractivity contribution in [2.75, 3.05) is 18.6 Å². The minimum atomic E-state index is -1.33. The van der Waals surface area contributed by atoms with Crippen LogP contribution in [0, 0.1) is 0 Å². The third kappa shape index (κ3) is 3.24. The molecule has 6 nitrogen and oxygen atoms in total. The van der Waals surface area contributed by atoms with E-state index >= 15 is 0 Å². The lowest BCUT2D eigenvalue weighted by Crippen LogP contribution is -2.50. The first-order valence-corrected chi connectivity index (χ1v) is 9.11. The molecule has 27 heavy (non-hydrogen) atoms. The molecule has 2 aliphatic rings. The van der Waals surface area contributed by atoms with E-state index in [1.807, 2.05) is 18.2 Å². The summed E-state index contributed by atoms with van der Waals surface area (Å²) in [7, 11) is 1.23. The minimum Gasteiger partial charge on any atom is -0.468 e. The lowest BCUT2D eigenvalue weighted by atomic mass is 9.86. The minimum absolute atomic E-state index is 0.222. The molecule has 1 fully saturated rings. The molecule has 0 saturated carbocycles. The van der Waals surface area contributed by atoms with Crippen LogP contribution in [-0.4, -0.2) is 42.0 Å². The van der Waals surface area contributed by atoms with Gasteiger partial charge in [-0.2, -0.15) is 0 Å². The van der Waals surface area contributed by atoms with Crippen LogP contribution in [0.3, 0.4) is 0 Å². The van der Waals surface area contributed by atoms with Crippen LogP contribution in [-0.2, 0) is 14.3 Å². The Morgan fingerprint density at radius 3 is 2.56 bits per heavy atom. The van der Waals surface area contributed by atoms with Gasteiger partial charge in [0.15, 0.2) is 0 Å². The highest BCUT2D eigenvalue weighted by atomic mass is 35.5. The number of allylic oxidation sites excluding steroid dienone is 2. The Balaban J connectivity index is 2.10. The van der Waals surface area contributed by atoms with Gasteiger partial charge in [-0.1, -0.05) is 41.4 Å². The van der Waals surface area contributed by atoms with Crippen LogP contribution >= 0.6 is 23.2 Å². The van der Waals surface area contributed by atoms with Gasteiger partial charge in [-0.15, -0.1) is 0 Å². The van der Waals surface area contributed by atoms with Gasteiger partial charge >= 0.3 is 12.0 Å². The molecule has 0 bridgehead atoms. The Kier molecular flexibility index (Phi) is 5.31. The van der Waals surface area contributed by atoms with E-state index < -0.39 is 23.4 Å². The number of imide groups is 1. The molecule has 142 valence electrons. The molecule has 1 aliphatic carbocycles. The fourth-order valence-corrected chi connectivity index (χ4v) is 3.55. The zero-order valence-electron chi connectivity index (χ0n) is 14.9. The zero-order valence-corrected chi connectivity index (χ0v) is 16.4. The van der Waals surface area contributed by atoms with Crippen LogP contribution in [0.5, 0.6) is 0 Å². The molecule has 3 rings (SSSR count). The normalized spacial score (nSPS) is 22.3. The van der Waals surface area contributed by atoms with Crippen molar-refractivity contribution in [2.45, 2.75) is 25.3 Å². The summed E-state index contributed by atoms with van der Waals surface area (Å²) in [6, 6.07) is 3.88. The molecule has 1 atom stereocenters. The van der Waals surface area contributed by atoms with Gasteiger partial charge < -0.3 is 4.74 Å². The maximum Gasteiger partial charge on any atom is 0.333 e. The predicted molar refractivity (Wildman–Crippen MR) is 103 cm³/mol. The summed E-state index contributed by atoms with van der Waals surface area (Å²) in [6.45, 7) is 1.29. The molecule has 0 spiro atoms. The Morgan fingerprint density at radius 2 is 1.96 bits per heavy atom. The number of ether oxygens (including phenoxy) is 1. The van der Waals surface area contributed by atoms with Crippen molar-refractivity contribution in [1.29, 1.82) is 0 Å². The fourth-order valence-electron chi connectivity index (χ4n) is 3.26. The molecular formula is C19H18Cl2N2O4. The van der Waals surface area contributed by atoms with Gasteiger partial charge in [-0.05, 0) is 43.5 Å². The van der Waals surface area contributed by atoms with Gasteiger partial charge in [0.2, 0.25) is 0 Å². The zero-order chi connectivity index (χ0) is 19.8. The van der Waals surface area contributed by atoms with Gasteiger partial charge in [0, 0.05) is 0 Å². The van der Waals surface area contributed by atoms with E-state index in [2.05, 4.69) is 0 Å². The van der Waals surface area contributed by atoms with Crippen molar-refractivity contribution in [3.63, 3.8) is 0 Å².